The van der Waals surface area contributed by atoms with Crippen molar-refractivity contribution >= 4 is 46.2 Å². The van der Waals surface area contributed by atoms with E-state index in [1.807, 2.05) is 47.2 Å². The third-order valence-electron chi connectivity index (χ3n) is 5.95. The minimum atomic E-state index is -0.290. The van der Waals surface area contributed by atoms with E-state index in [-0.39, 0.29) is 17.7 Å². The lowest BCUT2D eigenvalue weighted by Crippen LogP contribution is -2.43. The van der Waals surface area contributed by atoms with Crippen LogP contribution < -0.4 is 5.32 Å². The van der Waals surface area contributed by atoms with Crippen molar-refractivity contribution in [3.05, 3.63) is 76.3 Å². The van der Waals surface area contributed by atoms with Gasteiger partial charge in [0.15, 0.2) is 0 Å². The first-order valence-corrected chi connectivity index (χ1v) is 12.1. The predicted molar refractivity (Wildman–Crippen MR) is 132 cm³/mol. The molecule has 1 aromatic carbocycles. The van der Waals surface area contributed by atoms with Crippen LogP contribution >= 0.6 is 22.9 Å². The van der Waals surface area contributed by atoms with Gasteiger partial charge in [-0.15, -0.1) is 11.3 Å². The number of amides is 2. The maximum atomic E-state index is 13.3. The highest BCUT2D eigenvalue weighted by Gasteiger charge is 2.30. The fraction of sp³-hybridized carbons (Fsp3) is 0.240. The van der Waals surface area contributed by atoms with Crippen LogP contribution in [-0.2, 0) is 4.79 Å². The number of halogens is 1. The number of carbonyl (C=O) groups excluding carboxylic acids is 2. The van der Waals surface area contributed by atoms with E-state index in [0.29, 0.717) is 29.5 Å². The summed E-state index contributed by atoms with van der Waals surface area (Å²) in [6.07, 6.45) is 3.45. The van der Waals surface area contributed by atoms with E-state index in [1.54, 1.807) is 40.5 Å². The van der Waals surface area contributed by atoms with Crippen LogP contribution in [0, 0.1) is 12.8 Å². The minimum Gasteiger partial charge on any atom is -0.338 e. The first kappa shape index (κ1) is 21.7. The summed E-state index contributed by atoms with van der Waals surface area (Å²) in [5.74, 6) is 0.207. The van der Waals surface area contributed by atoms with E-state index in [9.17, 15) is 9.59 Å². The molecule has 1 saturated heterocycles. The van der Waals surface area contributed by atoms with Gasteiger partial charge in [-0.1, -0.05) is 17.7 Å². The van der Waals surface area contributed by atoms with Crippen LogP contribution in [-0.4, -0.2) is 39.2 Å². The molecule has 1 atom stereocenters. The van der Waals surface area contributed by atoms with Gasteiger partial charge in [0, 0.05) is 29.9 Å². The number of piperidine rings is 1. The largest absolute Gasteiger partial charge is 0.338 e. The first-order chi connectivity index (χ1) is 16.0. The Bertz CT molecular complexity index is 1310. The summed E-state index contributed by atoms with van der Waals surface area (Å²) in [6.45, 7) is 3.05. The molecular formula is C25H23ClN4O2S. The number of fused-ring (bicyclic) bond motifs is 1. The molecule has 2 amide bonds. The highest BCUT2D eigenvalue weighted by molar-refractivity contribution is 7.13. The molecular weight excluding hydrogens is 456 g/mol. The van der Waals surface area contributed by atoms with Crippen molar-refractivity contribution in [2.45, 2.75) is 19.8 Å². The molecule has 1 fully saturated rings. The van der Waals surface area contributed by atoms with Gasteiger partial charge in [-0.05, 0) is 73.2 Å². The van der Waals surface area contributed by atoms with Gasteiger partial charge < -0.3 is 10.2 Å². The number of thiophene rings is 1. The summed E-state index contributed by atoms with van der Waals surface area (Å²) in [7, 11) is 0. The Hall–Kier alpha value is -3.16. The molecule has 168 valence electrons. The lowest BCUT2D eigenvalue weighted by molar-refractivity contribution is -0.121. The lowest BCUT2D eigenvalue weighted by atomic mass is 9.96. The van der Waals surface area contributed by atoms with Crippen LogP contribution in [0.5, 0.6) is 0 Å². The third-order valence-corrected chi connectivity index (χ3v) is 7.08. The topological polar surface area (TPSA) is 66.7 Å². The molecule has 0 bridgehead atoms. The van der Waals surface area contributed by atoms with E-state index in [0.717, 1.165) is 34.6 Å². The van der Waals surface area contributed by atoms with Crippen molar-refractivity contribution in [2.75, 3.05) is 18.4 Å². The Morgan fingerprint density at radius 2 is 2.00 bits per heavy atom. The molecule has 0 radical (unpaired) electrons. The number of pyridine rings is 1. The number of hydrogen-bond donors (Lipinski definition) is 1. The van der Waals surface area contributed by atoms with Gasteiger partial charge in [0.25, 0.3) is 5.91 Å². The molecule has 1 aliphatic rings. The fourth-order valence-corrected chi connectivity index (χ4v) is 5.06. The standard InChI is InChI=1S/C25H23ClN4O2S/c1-16-10-12-30-21(14-16)27-22(20-5-3-13-33-20)23(30)28-24(31)18-4-2-11-29(15-18)25(32)17-6-8-19(26)9-7-17/h3,5-10,12-14,18H,2,4,11,15H2,1H3,(H,28,31)/t18-/m0/s1. The number of imidazole rings is 1. The average Bonchev–Trinajstić information content (AvgIpc) is 3.47. The van der Waals surface area contributed by atoms with Gasteiger partial charge in [-0.2, -0.15) is 0 Å². The van der Waals surface area contributed by atoms with Crippen LogP contribution in [0.3, 0.4) is 0 Å². The minimum absolute atomic E-state index is 0.0753. The summed E-state index contributed by atoms with van der Waals surface area (Å²) in [6, 6.07) is 14.8. The number of nitrogens with zero attached hydrogens (tertiary/aromatic N) is 3. The molecule has 4 heterocycles. The molecule has 4 aromatic rings. The first-order valence-electron chi connectivity index (χ1n) is 10.9. The zero-order valence-electron chi connectivity index (χ0n) is 18.1. The van der Waals surface area contributed by atoms with Crippen molar-refractivity contribution < 1.29 is 9.59 Å². The van der Waals surface area contributed by atoms with Crippen molar-refractivity contribution in [3.63, 3.8) is 0 Å². The van der Waals surface area contributed by atoms with Crippen molar-refractivity contribution in [2.24, 2.45) is 5.92 Å². The van der Waals surface area contributed by atoms with Crippen LogP contribution in [0.4, 0.5) is 5.82 Å². The van der Waals surface area contributed by atoms with Crippen LogP contribution in [0.25, 0.3) is 16.2 Å². The van der Waals surface area contributed by atoms with Crippen molar-refractivity contribution in [3.8, 4) is 10.6 Å². The number of nitrogens with one attached hydrogen (secondary N) is 1. The number of likely N-dealkylation sites (tertiary alicyclic amines) is 1. The second-order valence-electron chi connectivity index (χ2n) is 8.31. The Labute approximate surface area is 200 Å². The predicted octanol–water partition coefficient (Wildman–Crippen LogP) is 5.52. The van der Waals surface area contributed by atoms with E-state index < -0.39 is 0 Å². The molecule has 1 N–H and O–H groups in total. The fourth-order valence-electron chi connectivity index (χ4n) is 4.22. The summed E-state index contributed by atoms with van der Waals surface area (Å²) >= 11 is 7.54. The van der Waals surface area contributed by atoms with E-state index in [2.05, 4.69) is 5.32 Å². The van der Waals surface area contributed by atoms with Crippen LogP contribution in [0.1, 0.15) is 28.8 Å². The van der Waals surface area contributed by atoms with Gasteiger partial charge in [0.05, 0.1) is 10.8 Å². The molecule has 8 heteroatoms. The third kappa shape index (κ3) is 4.38. The number of hydrogen-bond acceptors (Lipinski definition) is 4. The van der Waals surface area contributed by atoms with Gasteiger partial charge in [-0.3, -0.25) is 14.0 Å². The quantitative estimate of drug-likeness (QED) is 0.420. The number of aromatic nitrogens is 2. The normalized spacial score (nSPS) is 16.2. The summed E-state index contributed by atoms with van der Waals surface area (Å²) in [4.78, 5) is 33.8. The molecule has 0 unspecified atom stereocenters. The Balaban J connectivity index is 1.39. The number of benzene rings is 1. The lowest BCUT2D eigenvalue weighted by Gasteiger charge is -2.32. The van der Waals surface area contributed by atoms with Crippen molar-refractivity contribution in [1.82, 2.24) is 14.3 Å². The molecule has 5 rings (SSSR count). The molecule has 6 nitrogen and oxygen atoms in total. The molecule has 0 aliphatic carbocycles. The molecule has 0 spiro atoms. The average molecular weight is 479 g/mol. The SMILES string of the molecule is Cc1ccn2c(NC(=O)[C@H]3CCCN(C(=O)c4ccc(Cl)cc4)C3)c(-c3cccs3)nc2c1. The molecule has 1 aliphatic heterocycles. The van der Waals surface area contributed by atoms with Crippen molar-refractivity contribution in [1.29, 1.82) is 0 Å². The number of anilines is 1. The summed E-state index contributed by atoms with van der Waals surface area (Å²) < 4.78 is 1.92. The Morgan fingerprint density at radius 1 is 1.18 bits per heavy atom. The van der Waals surface area contributed by atoms with Crippen LogP contribution in [0.15, 0.2) is 60.1 Å². The maximum absolute atomic E-state index is 13.3. The highest BCUT2D eigenvalue weighted by atomic mass is 35.5. The van der Waals surface area contributed by atoms with Gasteiger partial charge in [-0.25, -0.2) is 4.98 Å². The monoisotopic (exact) mass is 478 g/mol. The molecule has 0 saturated carbocycles. The van der Waals surface area contributed by atoms with E-state index >= 15 is 0 Å². The molecule has 33 heavy (non-hydrogen) atoms. The maximum Gasteiger partial charge on any atom is 0.253 e. The zero-order chi connectivity index (χ0) is 22.9. The second kappa shape index (κ2) is 9.00. The van der Waals surface area contributed by atoms with E-state index in [4.69, 9.17) is 16.6 Å². The Kier molecular flexibility index (Phi) is 5.91. The highest BCUT2D eigenvalue weighted by Crippen LogP contribution is 2.33. The molecule has 3 aromatic heterocycles. The van der Waals surface area contributed by atoms with Gasteiger partial charge in [0.1, 0.15) is 17.2 Å². The van der Waals surface area contributed by atoms with Gasteiger partial charge >= 0.3 is 0 Å². The number of carbonyl (C=O) groups is 2. The zero-order valence-corrected chi connectivity index (χ0v) is 19.7. The summed E-state index contributed by atoms with van der Waals surface area (Å²) in [5.41, 5.74) is 3.23. The number of aryl methyl sites for hydroxylation is 1. The summed E-state index contributed by atoms with van der Waals surface area (Å²) in [5, 5.41) is 5.72. The van der Waals surface area contributed by atoms with E-state index in [1.165, 1.54) is 0 Å². The second-order valence-corrected chi connectivity index (χ2v) is 9.69. The Morgan fingerprint density at radius 3 is 2.76 bits per heavy atom. The smallest absolute Gasteiger partial charge is 0.253 e. The van der Waals surface area contributed by atoms with Gasteiger partial charge in [0.2, 0.25) is 5.91 Å². The number of rotatable bonds is 4. The van der Waals surface area contributed by atoms with Crippen LogP contribution in [0.2, 0.25) is 5.02 Å².